The predicted octanol–water partition coefficient (Wildman–Crippen LogP) is 1.41. The van der Waals surface area contributed by atoms with Crippen molar-refractivity contribution in [1.82, 2.24) is 15.1 Å². The molecule has 0 bridgehead atoms. The summed E-state index contributed by atoms with van der Waals surface area (Å²) in [6.07, 6.45) is 0.962. The van der Waals surface area contributed by atoms with E-state index in [0.29, 0.717) is 43.7 Å². The smallest absolute Gasteiger partial charge is 0.407 e. The summed E-state index contributed by atoms with van der Waals surface area (Å²) in [6.45, 7) is 3.19. The number of piperidine rings is 1. The van der Waals surface area contributed by atoms with Gasteiger partial charge in [-0.2, -0.15) is 0 Å². The van der Waals surface area contributed by atoms with E-state index in [1.54, 1.807) is 36.1 Å². The monoisotopic (exact) mass is 373 g/mol. The SMILES string of the molecule is CCOC(=O)NC1CCN(C(=O)CCN2C(=O)c3ccccc3C2=O)CC1. The molecular formula is C19H23N3O5. The van der Waals surface area contributed by atoms with Gasteiger partial charge in [0.15, 0.2) is 0 Å². The zero-order valence-corrected chi connectivity index (χ0v) is 15.3. The molecule has 1 saturated heterocycles. The van der Waals surface area contributed by atoms with Gasteiger partial charge in [-0.25, -0.2) is 4.79 Å². The van der Waals surface area contributed by atoms with E-state index >= 15 is 0 Å². The summed E-state index contributed by atoms with van der Waals surface area (Å²) in [4.78, 5) is 51.4. The fourth-order valence-electron chi connectivity index (χ4n) is 3.42. The molecule has 4 amide bonds. The second-order valence-corrected chi connectivity index (χ2v) is 6.58. The number of carbonyl (C=O) groups excluding carboxylic acids is 4. The van der Waals surface area contributed by atoms with Crippen LogP contribution in [0.5, 0.6) is 0 Å². The molecule has 3 rings (SSSR count). The van der Waals surface area contributed by atoms with E-state index in [4.69, 9.17) is 4.74 Å². The Balaban J connectivity index is 1.46. The molecule has 0 spiro atoms. The Hall–Kier alpha value is -2.90. The third-order valence-electron chi connectivity index (χ3n) is 4.87. The van der Waals surface area contributed by atoms with Gasteiger partial charge in [-0.15, -0.1) is 0 Å². The van der Waals surface area contributed by atoms with E-state index in [0.717, 1.165) is 4.90 Å². The summed E-state index contributed by atoms with van der Waals surface area (Å²) in [5.41, 5.74) is 0.779. The zero-order chi connectivity index (χ0) is 19.4. The molecule has 0 atom stereocenters. The highest BCUT2D eigenvalue weighted by molar-refractivity contribution is 6.21. The Morgan fingerprint density at radius 3 is 2.26 bits per heavy atom. The summed E-state index contributed by atoms with van der Waals surface area (Å²) in [5, 5.41) is 2.78. The number of hydrogen-bond acceptors (Lipinski definition) is 5. The molecule has 1 aromatic carbocycles. The lowest BCUT2D eigenvalue weighted by Crippen LogP contribution is -2.47. The molecule has 8 heteroatoms. The van der Waals surface area contributed by atoms with Crippen molar-refractivity contribution >= 4 is 23.8 Å². The first-order valence-corrected chi connectivity index (χ1v) is 9.17. The Labute approximate surface area is 157 Å². The largest absolute Gasteiger partial charge is 0.450 e. The molecule has 8 nitrogen and oxygen atoms in total. The third kappa shape index (κ3) is 4.10. The van der Waals surface area contributed by atoms with Gasteiger partial charge in [0.1, 0.15) is 0 Å². The zero-order valence-electron chi connectivity index (χ0n) is 15.3. The van der Waals surface area contributed by atoms with Crippen LogP contribution in [-0.2, 0) is 9.53 Å². The van der Waals surface area contributed by atoms with E-state index in [-0.39, 0.29) is 36.7 Å². The van der Waals surface area contributed by atoms with Gasteiger partial charge < -0.3 is 15.0 Å². The Bertz CT molecular complexity index is 720. The number of amides is 4. The van der Waals surface area contributed by atoms with Crippen LogP contribution in [0.2, 0.25) is 0 Å². The minimum atomic E-state index is -0.437. The number of likely N-dealkylation sites (tertiary alicyclic amines) is 1. The molecular weight excluding hydrogens is 350 g/mol. The average molecular weight is 373 g/mol. The lowest BCUT2D eigenvalue weighted by molar-refractivity contribution is -0.132. The Kier molecular flexibility index (Phi) is 5.73. The van der Waals surface area contributed by atoms with Crippen LogP contribution >= 0.6 is 0 Å². The number of alkyl carbamates (subject to hydrolysis) is 1. The molecule has 0 aromatic heterocycles. The van der Waals surface area contributed by atoms with Crippen LogP contribution in [0.1, 0.15) is 46.9 Å². The van der Waals surface area contributed by atoms with Crippen molar-refractivity contribution in [3.05, 3.63) is 35.4 Å². The number of carbonyl (C=O) groups is 4. The fraction of sp³-hybridized carbons (Fsp3) is 0.474. The summed E-state index contributed by atoms with van der Waals surface area (Å²) < 4.78 is 4.86. The van der Waals surface area contributed by atoms with E-state index in [1.165, 1.54) is 0 Å². The van der Waals surface area contributed by atoms with Gasteiger partial charge in [0, 0.05) is 32.1 Å². The molecule has 0 saturated carbocycles. The molecule has 0 radical (unpaired) electrons. The molecule has 2 aliphatic heterocycles. The van der Waals surface area contributed by atoms with Crippen LogP contribution in [0, 0.1) is 0 Å². The average Bonchev–Trinajstić information content (AvgIpc) is 2.91. The van der Waals surface area contributed by atoms with Gasteiger partial charge in [-0.1, -0.05) is 12.1 Å². The van der Waals surface area contributed by atoms with Crippen molar-refractivity contribution < 1.29 is 23.9 Å². The first-order valence-electron chi connectivity index (χ1n) is 9.17. The van der Waals surface area contributed by atoms with Crippen LogP contribution in [-0.4, -0.2) is 65.9 Å². The molecule has 0 aliphatic carbocycles. The Morgan fingerprint density at radius 2 is 1.70 bits per heavy atom. The highest BCUT2D eigenvalue weighted by atomic mass is 16.5. The number of hydrogen-bond donors (Lipinski definition) is 1. The number of nitrogens with one attached hydrogen (secondary N) is 1. The molecule has 2 aliphatic rings. The molecule has 1 aromatic rings. The standard InChI is InChI=1S/C19H23N3O5/c1-2-27-19(26)20-13-7-10-21(11-8-13)16(23)9-12-22-17(24)14-5-3-4-6-15(14)18(22)25/h3-6,13H,2,7-12H2,1H3,(H,20,26). The van der Waals surface area contributed by atoms with Crippen LogP contribution in [0.25, 0.3) is 0 Å². The third-order valence-corrected chi connectivity index (χ3v) is 4.87. The van der Waals surface area contributed by atoms with Gasteiger partial charge in [0.25, 0.3) is 11.8 Å². The normalized spacial score (nSPS) is 17.1. The molecule has 2 heterocycles. The van der Waals surface area contributed by atoms with E-state index in [9.17, 15) is 19.2 Å². The lowest BCUT2D eigenvalue weighted by atomic mass is 10.0. The van der Waals surface area contributed by atoms with E-state index in [2.05, 4.69) is 5.32 Å². The molecule has 0 unspecified atom stereocenters. The van der Waals surface area contributed by atoms with Crippen molar-refractivity contribution in [3.8, 4) is 0 Å². The van der Waals surface area contributed by atoms with Crippen molar-refractivity contribution in [2.45, 2.75) is 32.2 Å². The number of ether oxygens (including phenoxy) is 1. The fourth-order valence-corrected chi connectivity index (χ4v) is 3.42. The van der Waals surface area contributed by atoms with Crippen LogP contribution < -0.4 is 5.32 Å². The predicted molar refractivity (Wildman–Crippen MR) is 96.2 cm³/mol. The van der Waals surface area contributed by atoms with Crippen LogP contribution in [0.15, 0.2) is 24.3 Å². The minimum Gasteiger partial charge on any atom is -0.450 e. The topological polar surface area (TPSA) is 96.0 Å². The maximum atomic E-state index is 12.4. The second kappa shape index (κ2) is 8.20. The Morgan fingerprint density at radius 1 is 1.11 bits per heavy atom. The molecule has 1 fully saturated rings. The first-order chi connectivity index (χ1) is 13.0. The van der Waals surface area contributed by atoms with Gasteiger partial charge in [0.05, 0.1) is 17.7 Å². The van der Waals surface area contributed by atoms with Crippen molar-refractivity contribution in [2.24, 2.45) is 0 Å². The first kappa shape index (κ1) is 18.9. The highest BCUT2D eigenvalue weighted by Crippen LogP contribution is 2.22. The summed E-state index contributed by atoms with van der Waals surface area (Å²) >= 11 is 0. The summed E-state index contributed by atoms with van der Waals surface area (Å²) in [7, 11) is 0. The quantitative estimate of drug-likeness (QED) is 0.788. The van der Waals surface area contributed by atoms with Gasteiger partial charge in [-0.05, 0) is 31.9 Å². The highest BCUT2D eigenvalue weighted by Gasteiger charge is 2.35. The summed E-state index contributed by atoms with van der Waals surface area (Å²) in [5.74, 6) is -0.789. The maximum Gasteiger partial charge on any atom is 0.407 e. The minimum absolute atomic E-state index is 0.00987. The van der Waals surface area contributed by atoms with E-state index in [1.807, 2.05) is 0 Å². The van der Waals surface area contributed by atoms with E-state index < -0.39 is 6.09 Å². The van der Waals surface area contributed by atoms with Crippen molar-refractivity contribution in [1.29, 1.82) is 0 Å². The van der Waals surface area contributed by atoms with Crippen molar-refractivity contribution in [3.63, 3.8) is 0 Å². The number of imide groups is 1. The van der Waals surface area contributed by atoms with Crippen LogP contribution in [0.3, 0.4) is 0 Å². The van der Waals surface area contributed by atoms with Crippen LogP contribution in [0.4, 0.5) is 4.79 Å². The number of fused-ring (bicyclic) bond motifs is 1. The number of benzene rings is 1. The lowest BCUT2D eigenvalue weighted by Gasteiger charge is -2.32. The molecule has 27 heavy (non-hydrogen) atoms. The maximum absolute atomic E-state index is 12.4. The van der Waals surface area contributed by atoms with Gasteiger partial charge in [0.2, 0.25) is 5.91 Å². The summed E-state index contributed by atoms with van der Waals surface area (Å²) in [6, 6.07) is 6.67. The second-order valence-electron chi connectivity index (χ2n) is 6.58. The number of rotatable bonds is 5. The van der Waals surface area contributed by atoms with Crippen molar-refractivity contribution in [2.75, 3.05) is 26.2 Å². The van der Waals surface area contributed by atoms with Gasteiger partial charge >= 0.3 is 6.09 Å². The molecule has 144 valence electrons. The molecule has 1 N–H and O–H groups in total. The number of nitrogens with zero attached hydrogens (tertiary/aromatic N) is 2. The van der Waals surface area contributed by atoms with Gasteiger partial charge in [-0.3, -0.25) is 19.3 Å².